The first-order valence-electron chi connectivity index (χ1n) is 2.18. The first-order chi connectivity index (χ1) is 3.68. The summed E-state index contributed by atoms with van der Waals surface area (Å²) in [6, 6.07) is 0. The van der Waals surface area contributed by atoms with Gasteiger partial charge in [0.2, 0.25) is 0 Å². The standard InChI is InChI=1S/C5H8O2S/c1-2-3-4(8)5(6)7/h2,4,8H,1,3H2,(H,6,7)/p-1. The summed E-state index contributed by atoms with van der Waals surface area (Å²) in [5.74, 6) is -1.15. The summed E-state index contributed by atoms with van der Waals surface area (Å²) < 4.78 is 0. The lowest BCUT2D eigenvalue weighted by molar-refractivity contribution is -0.304. The van der Waals surface area contributed by atoms with Crippen molar-refractivity contribution in [2.75, 3.05) is 0 Å². The quantitative estimate of drug-likeness (QED) is 0.418. The summed E-state index contributed by atoms with van der Waals surface area (Å²) >= 11 is 3.67. The summed E-state index contributed by atoms with van der Waals surface area (Å²) in [4.78, 5) is 9.85. The lowest BCUT2D eigenvalue weighted by atomic mass is 10.3. The molecule has 2 nitrogen and oxygen atoms in total. The molecule has 1 unspecified atom stereocenters. The van der Waals surface area contributed by atoms with E-state index in [1.807, 2.05) is 0 Å². The highest BCUT2D eigenvalue weighted by molar-refractivity contribution is 7.81. The predicted octanol–water partition coefficient (Wildman–Crippen LogP) is -0.389. The maximum Gasteiger partial charge on any atom is 0.0545 e. The summed E-state index contributed by atoms with van der Waals surface area (Å²) in [5.41, 5.74) is 0. The lowest BCUT2D eigenvalue weighted by Crippen LogP contribution is -2.31. The Balaban J connectivity index is 3.46. The van der Waals surface area contributed by atoms with Crippen molar-refractivity contribution in [3.63, 3.8) is 0 Å². The molecule has 0 saturated heterocycles. The van der Waals surface area contributed by atoms with E-state index in [4.69, 9.17) is 0 Å². The zero-order chi connectivity index (χ0) is 6.57. The third kappa shape index (κ3) is 2.69. The van der Waals surface area contributed by atoms with Crippen LogP contribution in [0.15, 0.2) is 12.7 Å². The molecule has 0 amide bonds. The molecule has 0 heterocycles. The second kappa shape index (κ2) is 3.55. The van der Waals surface area contributed by atoms with Crippen molar-refractivity contribution < 1.29 is 9.90 Å². The van der Waals surface area contributed by atoms with Gasteiger partial charge >= 0.3 is 0 Å². The van der Waals surface area contributed by atoms with Crippen molar-refractivity contribution >= 4 is 18.6 Å². The van der Waals surface area contributed by atoms with Gasteiger partial charge in [-0.3, -0.25) is 0 Å². The van der Waals surface area contributed by atoms with Gasteiger partial charge in [-0.15, -0.1) is 6.58 Å². The molecule has 0 aromatic carbocycles. The van der Waals surface area contributed by atoms with E-state index in [2.05, 4.69) is 19.2 Å². The fourth-order valence-corrected chi connectivity index (χ4v) is 0.403. The molecule has 0 aliphatic carbocycles. The summed E-state index contributed by atoms with van der Waals surface area (Å²) in [6.45, 7) is 3.34. The summed E-state index contributed by atoms with van der Waals surface area (Å²) in [7, 11) is 0. The number of hydrogen-bond donors (Lipinski definition) is 1. The molecular weight excluding hydrogens is 124 g/mol. The van der Waals surface area contributed by atoms with Gasteiger partial charge < -0.3 is 9.90 Å². The number of carboxylic acid groups (broad SMARTS) is 1. The molecule has 0 N–H and O–H groups in total. The topological polar surface area (TPSA) is 40.1 Å². The van der Waals surface area contributed by atoms with Crippen LogP contribution in [0, 0.1) is 0 Å². The van der Waals surface area contributed by atoms with Crippen LogP contribution in [0.4, 0.5) is 0 Å². The normalized spacial score (nSPS) is 12.6. The van der Waals surface area contributed by atoms with Crippen LogP contribution in [0.25, 0.3) is 0 Å². The molecule has 0 aliphatic heterocycles. The van der Waals surface area contributed by atoms with Crippen LogP contribution in [0.1, 0.15) is 6.42 Å². The van der Waals surface area contributed by atoms with Crippen molar-refractivity contribution in [1.29, 1.82) is 0 Å². The van der Waals surface area contributed by atoms with Gasteiger partial charge in [0.1, 0.15) is 0 Å². The van der Waals surface area contributed by atoms with E-state index in [-0.39, 0.29) is 0 Å². The molecule has 0 fully saturated rings. The summed E-state index contributed by atoms with van der Waals surface area (Å²) in [6.07, 6.45) is 1.85. The number of hydrogen-bond acceptors (Lipinski definition) is 3. The molecule has 0 radical (unpaired) electrons. The third-order valence-electron chi connectivity index (χ3n) is 0.662. The molecule has 0 rings (SSSR count). The Labute approximate surface area is 53.6 Å². The zero-order valence-corrected chi connectivity index (χ0v) is 5.23. The number of allylic oxidation sites excluding steroid dienone is 1. The number of carbonyl (C=O) groups is 1. The van der Waals surface area contributed by atoms with Crippen LogP contribution >= 0.6 is 12.6 Å². The van der Waals surface area contributed by atoms with E-state index < -0.39 is 11.2 Å². The number of thiol groups is 1. The molecule has 3 heteroatoms. The molecule has 46 valence electrons. The minimum atomic E-state index is -1.15. The van der Waals surface area contributed by atoms with E-state index in [9.17, 15) is 9.90 Å². The van der Waals surface area contributed by atoms with Crippen molar-refractivity contribution in [2.24, 2.45) is 0 Å². The average Bonchev–Trinajstić information content (AvgIpc) is 1.67. The SMILES string of the molecule is C=CCC(S)C(=O)[O-]. The van der Waals surface area contributed by atoms with Gasteiger partial charge in [0.05, 0.1) is 5.97 Å². The molecule has 1 atom stereocenters. The number of carbonyl (C=O) groups excluding carboxylic acids is 1. The Hall–Kier alpha value is -0.440. The largest absolute Gasteiger partial charge is 0.549 e. The second-order valence-electron chi connectivity index (χ2n) is 1.36. The van der Waals surface area contributed by atoms with Crippen LogP contribution in [0.3, 0.4) is 0 Å². The highest BCUT2D eigenvalue weighted by atomic mass is 32.1. The van der Waals surface area contributed by atoms with E-state index in [1.165, 1.54) is 6.08 Å². The van der Waals surface area contributed by atoms with Gasteiger partial charge in [-0.25, -0.2) is 0 Å². The lowest BCUT2D eigenvalue weighted by Gasteiger charge is -2.06. The van der Waals surface area contributed by atoms with Gasteiger partial charge in [-0.2, -0.15) is 12.6 Å². The van der Waals surface area contributed by atoms with Gasteiger partial charge in [0.15, 0.2) is 0 Å². The molecule has 0 bridgehead atoms. The van der Waals surface area contributed by atoms with Crippen molar-refractivity contribution in [2.45, 2.75) is 11.7 Å². The average molecular weight is 131 g/mol. The molecule has 0 spiro atoms. The molecule has 8 heavy (non-hydrogen) atoms. The number of aliphatic carboxylic acids is 1. The first-order valence-corrected chi connectivity index (χ1v) is 2.70. The monoisotopic (exact) mass is 131 g/mol. The smallest absolute Gasteiger partial charge is 0.0545 e. The zero-order valence-electron chi connectivity index (χ0n) is 4.33. The maximum atomic E-state index is 9.85. The van der Waals surface area contributed by atoms with Crippen molar-refractivity contribution in [1.82, 2.24) is 0 Å². The van der Waals surface area contributed by atoms with Crippen molar-refractivity contribution in [3.05, 3.63) is 12.7 Å². The fraction of sp³-hybridized carbons (Fsp3) is 0.400. The Morgan fingerprint density at radius 2 is 2.50 bits per heavy atom. The van der Waals surface area contributed by atoms with E-state index in [1.54, 1.807) is 0 Å². The third-order valence-corrected chi connectivity index (χ3v) is 1.08. The fourth-order valence-electron chi connectivity index (χ4n) is 0.254. The van der Waals surface area contributed by atoms with Crippen LogP contribution in [0.5, 0.6) is 0 Å². The van der Waals surface area contributed by atoms with E-state index >= 15 is 0 Å². The van der Waals surface area contributed by atoms with Crippen molar-refractivity contribution in [3.8, 4) is 0 Å². The van der Waals surface area contributed by atoms with Crippen LogP contribution in [0.2, 0.25) is 0 Å². The molecule has 0 aliphatic rings. The first kappa shape index (κ1) is 7.56. The van der Waals surface area contributed by atoms with Crippen LogP contribution in [-0.2, 0) is 4.79 Å². The Bertz CT molecular complexity index is 101. The Morgan fingerprint density at radius 1 is 2.00 bits per heavy atom. The van der Waals surface area contributed by atoms with Crippen LogP contribution < -0.4 is 5.11 Å². The number of carboxylic acids is 1. The Morgan fingerprint density at radius 3 is 2.62 bits per heavy atom. The summed E-state index contributed by atoms with van der Waals surface area (Å²) in [5, 5.41) is 9.15. The minimum absolute atomic E-state index is 0.353. The number of rotatable bonds is 3. The predicted molar refractivity (Wildman–Crippen MR) is 32.6 cm³/mol. The van der Waals surface area contributed by atoms with E-state index in [0.29, 0.717) is 6.42 Å². The maximum absolute atomic E-state index is 9.85. The van der Waals surface area contributed by atoms with Gasteiger partial charge in [-0.05, 0) is 6.42 Å². The van der Waals surface area contributed by atoms with Gasteiger partial charge in [0.25, 0.3) is 0 Å². The van der Waals surface area contributed by atoms with Gasteiger partial charge in [0, 0.05) is 5.25 Å². The van der Waals surface area contributed by atoms with Gasteiger partial charge in [-0.1, -0.05) is 6.08 Å². The molecular formula is C5H7O2S-. The molecule has 0 saturated carbocycles. The molecule has 0 aromatic rings. The Kier molecular flexibility index (Phi) is 3.35. The highest BCUT2D eigenvalue weighted by Crippen LogP contribution is 1.98. The highest BCUT2D eigenvalue weighted by Gasteiger charge is 1.97. The van der Waals surface area contributed by atoms with E-state index in [0.717, 1.165) is 0 Å². The molecule has 0 aromatic heterocycles. The van der Waals surface area contributed by atoms with Crippen LogP contribution in [-0.4, -0.2) is 11.2 Å². The minimum Gasteiger partial charge on any atom is -0.549 e. The second-order valence-corrected chi connectivity index (χ2v) is 1.98.